The molecule has 1 aromatic carbocycles. The minimum Gasteiger partial charge on any atom is -0.479 e. The van der Waals surface area contributed by atoms with Crippen LogP contribution in [0.25, 0.3) is 11.3 Å². The van der Waals surface area contributed by atoms with Gasteiger partial charge in [0.1, 0.15) is 35.5 Å². The molecule has 1 heterocycles. The number of rotatable bonds is 6. The molecule has 0 radical (unpaired) electrons. The highest BCUT2D eigenvalue weighted by atomic mass is 35.5. The number of aromatic nitrogens is 2. The molecule has 140 valence electrons. The molecule has 0 unspecified atom stereocenters. The first-order chi connectivity index (χ1) is 12.3. The monoisotopic (exact) mass is 408 g/mol. The van der Waals surface area contributed by atoms with Gasteiger partial charge in [0.2, 0.25) is 5.88 Å². The highest BCUT2D eigenvalue weighted by Gasteiger charge is 2.23. The van der Waals surface area contributed by atoms with Crippen LogP contribution in [0.4, 0.5) is 13.2 Å². The van der Waals surface area contributed by atoms with Crippen LogP contribution in [-0.4, -0.2) is 36.7 Å². The molecule has 1 aromatic heterocycles. The van der Waals surface area contributed by atoms with Crippen molar-refractivity contribution in [2.24, 2.45) is 7.05 Å². The number of methoxy groups -OCH3 is 1. The summed E-state index contributed by atoms with van der Waals surface area (Å²) in [6.07, 6.45) is 0. The first-order valence-electron chi connectivity index (χ1n) is 7.09. The average Bonchev–Trinajstić information content (AvgIpc) is 2.84. The molecule has 0 fully saturated rings. The molecule has 0 aliphatic heterocycles. The van der Waals surface area contributed by atoms with Gasteiger partial charge < -0.3 is 14.2 Å². The van der Waals surface area contributed by atoms with Gasteiger partial charge in [-0.2, -0.15) is 13.9 Å². The maximum absolute atomic E-state index is 14.3. The van der Waals surface area contributed by atoms with E-state index in [1.807, 2.05) is 0 Å². The zero-order valence-electron chi connectivity index (χ0n) is 13.7. The highest BCUT2D eigenvalue weighted by Crippen LogP contribution is 2.39. The number of halogens is 5. The van der Waals surface area contributed by atoms with Crippen LogP contribution < -0.4 is 9.47 Å². The molecule has 0 spiro atoms. The molecule has 0 saturated heterocycles. The summed E-state index contributed by atoms with van der Waals surface area (Å²) in [5.74, 6) is 4.35. The average molecular weight is 409 g/mol. The number of benzene rings is 1. The van der Waals surface area contributed by atoms with E-state index in [0.717, 1.165) is 10.7 Å². The second-order valence-electron chi connectivity index (χ2n) is 4.81. The minimum absolute atomic E-state index is 0.0101. The maximum Gasteiger partial charge on any atom is 0.388 e. The number of hydrogen-bond donors (Lipinski definition) is 0. The third kappa shape index (κ3) is 4.75. The molecule has 0 amide bonds. The highest BCUT2D eigenvalue weighted by molar-refractivity contribution is 6.34. The van der Waals surface area contributed by atoms with Crippen molar-refractivity contribution in [3.8, 4) is 34.7 Å². The molecule has 0 bridgehead atoms. The van der Waals surface area contributed by atoms with Crippen molar-refractivity contribution in [1.29, 1.82) is 0 Å². The molecule has 0 aliphatic rings. The lowest BCUT2D eigenvalue weighted by molar-refractivity contribution is -0.0552. The molecule has 10 heteroatoms. The smallest absolute Gasteiger partial charge is 0.388 e. The van der Waals surface area contributed by atoms with Gasteiger partial charge in [-0.3, -0.25) is 0 Å². The lowest BCUT2D eigenvalue weighted by atomic mass is 10.1. The van der Waals surface area contributed by atoms with E-state index in [1.165, 1.54) is 20.2 Å². The van der Waals surface area contributed by atoms with Crippen molar-refractivity contribution < 1.29 is 27.4 Å². The summed E-state index contributed by atoms with van der Waals surface area (Å²) < 4.78 is 54.7. The van der Waals surface area contributed by atoms with E-state index in [-0.39, 0.29) is 46.1 Å². The molecule has 0 N–H and O–H groups in total. The van der Waals surface area contributed by atoms with Gasteiger partial charge in [-0.25, -0.2) is 9.07 Å². The lowest BCUT2D eigenvalue weighted by Gasteiger charge is -2.08. The predicted octanol–water partition coefficient (Wildman–Crippen LogP) is 4.16. The Hall–Kier alpha value is -2.08. The summed E-state index contributed by atoms with van der Waals surface area (Å²) in [4.78, 5) is 0. The maximum atomic E-state index is 14.3. The van der Waals surface area contributed by atoms with Gasteiger partial charge in [0.25, 0.3) is 0 Å². The van der Waals surface area contributed by atoms with Gasteiger partial charge >= 0.3 is 6.61 Å². The molecule has 2 rings (SSSR count). The second kappa shape index (κ2) is 9.03. The van der Waals surface area contributed by atoms with E-state index >= 15 is 0 Å². The van der Waals surface area contributed by atoms with E-state index in [2.05, 4.69) is 21.7 Å². The van der Waals surface area contributed by atoms with E-state index in [0.29, 0.717) is 0 Å². The molecule has 5 nitrogen and oxygen atoms in total. The molecular formula is C16H13Cl2F3N2O3. The summed E-state index contributed by atoms with van der Waals surface area (Å²) in [6.45, 7) is -2.87. The van der Waals surface area contributed by atoms with E-state index in [9.17, 15) is 13.2 Å². The van der Waals surface area contributed by atoms with Crippen molar-refractivity contribution in [2.45, 2.75) is 6.61 Å². The predicted molar refractivity (Wildman–Crippen MR) is 90.4 cm³/mol. The van der Waals surface area contributed by atoms with Crippen molar-refractivity contribution >= 4 is 23.2 Å². The third-order valence-electron chi connectivity index (χ3n) is 3.06. The SMILES string of the molecule is COCC#CCOc1cc(-c2nn(C)c(OC(F)F)c2Cl)c(F)cc1Cl. The van der Waals surface area contributed by atoms with E-state index < -0.39 is 12.4 Å². The Morgan fingerprint density at radius 3 is 2.58 bits per heavy atom. The topological polar surface area (TPSA) is 45.5 Å². The van der Waals surface area contributed by atoms with Gasteiger partial charge in [-0.1, -0.05) is 35.0 Å². The Morgan fingerprint density at radius 1 is 1.23 bits per heavy atom. The van der Waals surface area contributed by atoms with Crippen LogP contribution >= 0.6 is 23.2 Å². The number of hydrogen-bond acceptors (Lipinski definition) is 4. The standard InChI is InChI=1S/C16H13Cl2F3N2O3/c1-23-15(26-16(20)21)13(18)14(22-23)9-7-12(10(17)8-11(9)19)25-6-4-3-5-24-2/h7-8,16H,5-6H2,1-2H3. The molecule has 2 aromatic rings. The summed E-state index contributed by atoms with van der Waals surface area (Å²) in [6, 6.07) is 2.27. The zero-order chi connectivity index (χ0) is 19.3. The van der Waals surface area contributed by atoms with Gasteiger partial charge in [0.15, 0.2) is 0 Å². The van der Waals surface area contributed by atoms with Gasteiger partial charge in [0.05, 0.1) is 5.02 Å². The van der Waals surface area contributed by atoms with Crippen molar-refractivity contribution in [2.75, 3.05) is 20.3 Å². The largest absolute Gasteiger partial charge is 0.479 e. The third-order valence-corrected chi connectivity index (χ3v) is 3.69. The van der Waals surface area contributed by atoms with Crippen LogP contribution in [0.15, 0.2) is 12.1 Å². The van der Waals surface area contributed by atoms with Crippen LogP contribution in [0.5, 0.6) is 11.6 Å². The molecule has 0 aliphatic carbocycles. The zero-order valence-corrected chi connectivity index (χ0v) is 15.2. The Balaban J connectivity index is 2.35. The van der Waals surface area contributed by atoms with Crippen molar-refractivity contribution in [3.05, 3.63) is 28.0 Å². The summed E-state index contributed by atoms with van der Waals surface area (Å²) >= 11 is 12.0. The minimum atomic E-state index is -3.10. The quantitative estimate of drug-likeness (QED) is 0.673. The van der Waals surface area contributed by atoms with Crippen LogP contribution in [0, 0.1) is 17.7 Å². The number of nitrogens with zero attached hydrogens (tertiary/aromatic N) is 2. The van der Waals surface area contributed by atoms with Gasteiger partial charge in [-0.05, 0) is 12.1 Å². The Labute approximate surface area is 157 Å². The normalized spacial score (nSPS) is 10.6. The fraction of sp³-hybridized carbons (Fsp3) is 0.312. The molecular weight excluding hydrogens is 396 g/mol. The van der Waals surface area contributed by atoms with Gasteiger partial charge in [-0.15, -0.1) is 0 Å². The van der Waals surface area contributed by atoms with E-state index in [1.54, 1.807) is 0 Å². The molecule has 0 atom stereocenters. The summed E-state index contributed by atoms with van der Waals surface area (Å²) in [5, 5.41) is 3.68. The summed E-state index contributed by atoms with van der Waals surface area (Å²) in [5.41, 5.74) is -0.173. The lowest BCUT2D eigenvalue weighted by Crippen LogP contribution is -2.06. The number of aryl methyl sites for hydroxylation is 1. The fourth-order valence-electron chi connectivity index (χ4n) is 1.98. The Kier molecular flexibility index (Phi) is 7.03. The first kappa shape index (κ1) is 20.2. The fourth-order valence-corrected chi connectivity index (χ4v) is 2.49. The van der Waals surface area contributed by atoms with Crippen LogP contribution in [-0.2, 0) is 11.8 Å². The first-order valence-corrected chi connectivity index (χ1v) is 7.85. The Morgan fingerprint density at radius 2 is 1.92 bits per heavy atom. The van der Waals surface area contributed by atoms with Crippen molar-refractivity contribution in [3.63, 3.8) is 0 Å². The van der Waals surface area contributed by atoms with Gasteiger partial charge in [0, 0.05) is 19.7 Å². The van der Waals surface area contributed by atoms with E-state index in [4.69, 9.17) is 32.7 Å². The van der Waals surface area contributed by atoms with Crippen LogP contribution in [0.2, 0.25) is 10.0 Å². The van der Waals surface area contributed by atoms with Crippen molar-refractivity contribution in [1.82, 2.24) is 9.78 Å². The number of ether oxygens (including phenoxy) is 3. The Bertz CT molecular complexity index is 847. The summed E-state index contributed by atoms with van der Waals surface area (Å²) in [7, 11) is 2.84. The van der Waals surface area contributed by atoms with Crippen LogP contribution in [0.3, 0.4) is 0 Å². The number of alkyl halides is 2. The van der Waals surface area contributed by atoms with Crippen LogP contribution in [0.1, 0.15) is 0 Å². The molecule has 26 heavy (non-hydrogen) atoms. The second-order valence-corrected chi connectivity index (χ2v) is 5.59. The molecule has 0 saturated carbocycles.